The van der Waals surface area contributed by atoms with Crippen molar-refractivity contribution in [1.82, 2.24) is 5.32 Å². The minimum absolute atomic E-state index is 0.227. The van der Waals surface area contributed by atoms with E-state index in [1.165, 1.54) is 0 Å². The molecule has 0 aliphatic heterocycles. The maximum atomic E-state index is 11.7. The summed E-state index contributed by atoms with van der Waals surface area (Å²) in [6.07, 6.45) is 0.700. The van der Waals surface area contributed by atoms with Gasteiger partial charge in [0.2, 0.25) is 0 Å². The molecule has 0 bridgehead atoms. The van der Waals surface area contributed by atoms with Crippen LogP contribution in [0.1, 0.15) is 5.56 Å². The molecule has 3 nitrogen and oxygen atoms in total. The number of halogens is 2. The van der Waals surface area contributed by atoms with Crippen LogP contribution in [0.5, 0.6) is 0 Å². The van der Waals surface area contributed by atoms with E-state index in [0.717, 1.165) is 20.7 Å². The Labute approximate surface area is 131 Å². The highest BCUT2D eigenvalue weighted by Crippen LogP contribution is 2.16. The lowest BCUT2D eigenvalue weighted by atomic mass is 10.1. The van der Waals surface area contributed by atoms with E-state index in [9.17, 15) is 4.79 Å². The molecule has 0 heterocycles. The molecule has 5 heteroatoms. The van der Waals surface area contributed by atoms with Crippen molar-refractivity contribution < 1.29 is 4.79 Å². The molecule has 20 heavy (non-hydrogen) atoms. The molecule has 2 amide bonds. The van der Waals surface area contributed by atoms with Gasteiger partial charge in [0.15, 0.2) is 0 Å². The van der Waals surface area contributed by atoms with Crippen molar-refractivity contribution in [1.29, 1.82) is 0 Å². The van der Waals surface area contributed by atoms with Gasteiger partial charge in [-0.05, 0) is 36.2 Å². The van der Waals surface area contributed by atoms with E-state index in [1.54, 1.807) is 0 Å². The zero-order valence-corrected chi connectivity index (χ0v) is 13.0. The van der Waals surface area contributed by atoms with Crippen LogP contribution in [0.4, 0.5) is 10.5 Å². The molecule has 0 atom stereocenters. The minimum atomic E-state index is -0.227. The van der Waals surface area contributed by atoms with Crippen molar-refractivity contribution in [2.45, 2.75) is 6.42 Å². The fourth-order valence-electron chi connectivity index (χ4n) is 1.75. The van der Waals surface area contributed by atoms with E-state index in [-0.39, 0.29) is 6.03 Å². The summed E-state index contributed by atoms with van der Waals surface area (Å²) in [5.41, 5.74) is 1.77. The Hall–Kier alpha value is -1.52. The van der Waals surface area contributed by atoms with Crippen molar-refractivity contribution in [2.75, 3.05) is 11.9 Å². The predicted octanol–water partition coefficient (Wildman–Crippen LogP) is 4.47. The molecular formula is C15H14BrClN2O. The number of benzene rings is 2. The van der Waals surface area contributed by atoms with Crippen molar-refractivity contribution >= 4 is 39.2 Å². The molecule has 0 radical (unpaired) electrons. The summed E-state index contributed by atoms with van der Waals surface area (Å²) in [4.78, 5) is 11.7. The Kier molecular flexibility index (Phi) is 5.44. The molecule has 0 saturated heterocycles. The lowest BCUT2D eigenvalue weighted by Crippen LogP contribution is -2.30. The van der Waals surface area contributed by atoms with Crippen molar-refractivity contribution in [3.63, 3.8) is 0 Å². The van der Waals surface area contributed by atoms with Gasteiger partial charge in [-0.25, -0.2) is 4.79 Å². The summed E-state index contributed by atoms with van der Waals surface area (Å²) in [5.74, 6) is 0. The summed E-state index contributed by atoms with van der Waals surface area (Å²) in [5, 5.41) is 6.30. The van der Waals surface area contributed by atoms with E-state index in [0.29, 0.717) is 13.0 Å². The third-order valence-corrected chi connectivity index (χ3v) is 3.58. The van der Waals surface area contributed by atoms with Gasteiger partial charge in [0.1, 0.15) is 0 Å². The van der Waals surface area contributed by atoms with Gasteiger partial charge in [0, 0.05) is 21.7 Å². The SMILES string of the molecule is O=C(NCCc1ccccc1Cl)Nc1cccc(Br)c1. The highest BCUT2D eigenvalue weighted by atomic mass is 79.9. The first-order chi connectivity index (χ1) is 9.65. The first-order valence-electron chi connectivity index (χ1n) is 6.19. The van der Waals surface area contributed by atoms with Crippen LogP contribution in [0.15, 0.2) is 53.0 Å². The van der Waals surface area contributed by atoms with Crippen LogP contribution in [-0.2, 0) is 6.42 Å². The Morgan fingerprint density at radius 2 is 1.95 bits per heavy atom. The second-order valence-corrected chi connectivity index (χ2v) is 5.56. The zero-order valence-electron chi connectivity index (χ0n) is 10.7. The quantitative estimate of drug-likeness (QED) is 0.837. The number of rotatable bonds is 4. The number of carbonyl (C=O) groups is 1. The van der Waals surface area contributed by atoms with Gasteiger partial charge in [-0.1, -0.05) is 51.8 Å². The van der Waals surface area contributed by atoms with Gasteiger partial charge in [0.25, 0.3) is 0 Å². The van der Waals surface area contributed by atoms with Gasteiger partial charge >= 0.3 is 6.03 Å². The van der Waals surface area contributed by atoms with E-state index in [4.69, 9.17) is 11.6 Å². The van der Waals surface area contributed by atoms with Crippen molar-refractivity contribution in [3.05, 3.63) is 63.6 Å². The van der Waals surface area contributed by atoms with Crippen LogP contribution in [0, 0.1) is 0 Å². The second kappa shape index (κ2) is 7.31. The van der Waals surface area contributed by atoms with Crippen LogP contribution in [0.2, 0.25) is 5.02 Å². The lowest BCUT2D eigenvalue weighted by molar-refractivity contribution is 0.252. The number of nitrogens with one attached hydrogen (secondary N) is 2. The summed E-state index contributed by atoms with van der Waals surface area (Å²) < 4.78 is 0.923. The topological polar surface area (TPSA) is 41.1 Å². The van der Waals surface area contributed by atoms with Crippen molar-refractivity contribution in [3.8, 4) is 0 Å². The molecule has 0 aromatic heterocycles. The average molecular weight is 354 g/mol. The maximum Gasteiger partial charge on any atom is 0.319 e. The monoisotopic (exact) mass is 352 g/mol. The summed E-state index contributed by atoms with van der Waals surface area (Å²) >= 11 is 9.41. The number of hydrogen-bond acceptors (Lipinski definition) is 1. The molecule has 2 rings (SSSR count). The van der Waals surface area contributed by atoms with Crippen LogP contribution < -0.4 is 10.6 Å². The predicted molar refractivity (Wildman–Crippen MR) is 86.3 cm³/mol. The highest BCUT2D eigenvalue weighted by molar-refractivity contribution is 9.10. The van der Waals surface area contributed by atoms with Crippen LogP contribution >= 0.6 is 27.5 Å². The Morgan fingerprint density at radius 3 is 2.70 bits per heavy atom. The standard InChI is InChI=1S/C15H14BrClN2O/c16-12-5-3-6-13(10-12)19-15(20)18-9-8-11-4-1-2-7-14(11)17/h1-7,10H,8-9H2,(H2,18,19,20). The molecule has 2 N–H and O–H groups in total. The van der Waals surface area contributed by atoms with E-state index in [1.807, 2.05) is 48.5 Å². The van der Waals surface area contributed by atoms with Gasteiger partial charge in [-0.15, -0.1) is 0 Å². The molecule has 0 spiro atoms. The van der Waals surface area contributed by atoms with Gasteiger partial charge in [0.05, 0.1) is 0 Å². The third kappa shape index (κ3) is 4.54. The number of carbonyl (C=O) groups excluding carboxylic acids is 1. The highest BCUT2D eigenvalue weighted by Gasteiger charge is 2.03. The van der Waals surface area contributed by atoms with Gasteiger partial charge < -0.3 is 10.6 Å². The molecule has 0 aliphatic carbocycles. The number of amides is 2. The fraction of sp³-hybridized carbons (Fsp3) is 0.133. The largest absolute Gasteiger partial charge is 0.338 e. The number of urea groups is 1. The van der Waals surface area contributed by atoms with Crippen LogP contribution in [-0.4, -0.2) is 12.6 Å². The van der Waals surface area contributed by atoms with Crippen LogP contribution in [0.25, 0.3) is 0 Å². The second-order valence-electron chi connectivity index (χ2n) is 4.23. The van der Waals surface area contributed by atoms with Gasteiger partial charge in [-0.3, -0.25) is 0 Å². The molecular weight excluding hydrogens is 340 g/mol. The smallest absolute Gasteiger partial charge is 0.319 e. The number of hydrogen-bond donors (Lipinski definition) is 2. The number of anilines is 1. The zero-order chi connectivity index (χ0) is 14.4. The van der Waals surface area contributed by atoms with Crippen molar-refractivity contribution in [2.24, 2.45) is 0 Å². The lowest BCUT2D eigenvalue weighted by Gasteiger charge is -2.08. The summed E-state index contributed by atoms with van der Waals surface area (Å²) in [6, 6.07) is 14.8. The Balaban J connectivity index is 1.80. The maximum absolute atomic E-state index is 11.7. The Bertz CT molecular complexity index is 604. The van der Waals surface area contributed by atoms with E-state index >= 15 is 0 Å². The Morgan fingerprint density at radius 1 is 1.15 bits per heavy atom. The molecule has 0 saturated carbocycles. The average Bonchev–Trinajstić information content (AvgIpc) is 2.41. The van der Waals surface area contributed by atoms with E-state index in [2.05, 4.69) is 26.6 Å². The fourth-order valence-corrected chi connectivity index (χ4v) is 2.38. The first kappa shape index (κ1) is 14.9. The molecule has 2 aromatic rings. The van der Waals surface area contributed by atoms with Crippen LogP contribution in [0.3, 0.4) is 0 Å². The summed E-state index contributed by atoms with van der Waals surface area (Å²) in [7, 11) is 0. The van der Waals surface area contributed by atoms with Gasteiger partial charge in [-0.2, -0.15) is 0 Å². The van der Waals surface area contributed by atoms with E-state index < -0.39 is 0 Å². The molecule has 0 fully saturated rings. The molecule has 104 valence electrons. The molecule has 0 unspecified atom stereocenters. The minimum Gasteiger partial charge on any atom is -0.338 e. The molecule has 2 aromatic carbocycles. The summed E-state index contributed by atoms with van der Waals surface area (Å²) in [6.45, 7) is 0.531. The first-order valence-corrected chi connectivity index (χ1v) is 7.36. The normalized spacial score (nSPS) is 10.1. The third-order valence-electron chi connectivity index (χ3n) is 2.72. The molecule has 0 aliphatic rings.